The van der Waals surface area contributed by atoms with Gasteiger partial charge in [0.25, 0.3) is 0 Å². The van der Waals surface area contributed by atoms with Crippen LogP contribution < -0.4 is 10.5 Å². The zero-order valence-corrected chi connectivity index (χ0v) is 14.5. The molecule has 1 saturated carbocycles. The SMILES string of the molecule is NC(=O)Oc1nccc(-c2c(-c3ccc(F)cc3)ncn2C2CCCC2)n1. The Morgan fingerprint density at radius 2 is 1.89 bits per heavy atom. The highest BCUT2D eigenvalue weighted by Crippen LogP contribution is 2.37. The van der Waals surface area contributed by atoms with Gasteiger partial charge in [0.1, 0.15) is 5.82 Å². The summed E-state index contributed by atoms with van der Waals surface area (Å²) >= 11 is 0. The van der Waals surface area contributed by atoms with Crippen molar-refractivity contribution in [3.63, 3.8) is 0 Å². The van der Waals surface area contributed by atoms with Gasteiger partial charge in [-0.25, -0.2) is 19.2 Å². The third-order valence-electron chi connectivity index (χ3n) is 4.70. The first-order chi connectivity index (χ1) is 13.1. The van der Waals surface area contributed by atoms with Gasteiger partial charge >= 0.3 is 12.1 Å². The van der Waals surface area contributed by atoms with Gasteiger partial charge in [-0.1, -0.05) is 12.8 Å². The Hall–Kier alpha value is -3.29. The fraction of sp³-hybridized carbons (Fsp3) is 0.263. The molecule has 2 N–H and O–H groups in total. The second kappa shape index (κ2) is 7.14. The Bertz CT molecular complexity index is 964. The summed E-state index contributed by atoms with van der Waals surface area (Å²) in [6, 6.07) is 8.08. The Morgan fingerprint density at radius 1 is 1.15 bits per heavy atom. The number of primary amides is 1. The minimum atomic E-state index is -0.977. The van der Waals surface area contributed by atoms with Crippen LogP contribution in [0.5, 0.6) is 6.01 Å². The number of aromatic nitrogens is 4. The Morgan fingerprint density at radius 3 is 2.59 bits per heavy atom. The molecule has 2 heterocycles. The van der Waals surface area contributed by atoms with Crippen LogP contribution in [-0.2, 0) is 0 Å². The predicted octanol–water partition coefficient (Wildman–Crippen LogP) is 3.72. The molecule has 1 aliphatic rings. The lowest BCUT2D eigenvalue weighted by Crippen LogP contribution is -2.18. The molecule has 1 aliphatic carbocycles. The number of nitrogens with zero attached hydrogens (tertiary/aromatic N) is 4. The molecule has 0 unspecified atom stereocenters. The van der Waals surface area contributed by atoms with Crippen molar-refractivity contribution in [1.29, 1.82) is 0 Å². The van der Waals surface area contributed by atoms with E-state index < -0.39 is 6.09 Å². The molecule has 0 atom stereocenters. The molecule has 4 rings (SSSR count). The third-order valence-corrected chi connectivity index (χ3v) is 4.70. The standard InChI is InChI=1S/C19H18FN5O2/c20-13-7-5-12(6-8-13)16-17(25(11-23-16)14-3-1-2-4-14)15-9-10-22-19(24-15)27-18(21)26/h5-11,14H,1-4H2,(H2,21,26). The summed E-state index contributed by atoms with van der Waals surface area (Å²) in [5.41, 5.74) is 7.87. The number of imidazole rings is 1. The highest BCUT2D eigenvalue weighted by Gasteiger charge is 2.24. The van der Waals surface area contributed by atoms with Crippen molar-refractivity contribution in [3.8, 4) is 28.7 Å². The number of rotatable bonds is 4. The second-order valence-electron chi connectivity index (χ2n) is 6.44. The van der Waals surface area contributed by atoms with E-state index in [4.69, 9.17) is 10.5 Å². The average Bonchev–Trinajstić information content (AvgIpc) is 3.31. The number of hydrogen-bond donors (Lipinski definition) is 1. The lowest BCUT2D eigenvalue weighted by Gasteiger charge is -2.16. The van der Waals surface area contributed by atoms with Gasteiger partial charge in [-0.05, 0) is 43.2 Å². The van der Waals surface area contributed by atoms with Crippen molar-refractivity contribution >= 4 is 6.09 Å². The predicted molar refractivity (Wildman–Crippen MR) is 96.4 cm³/mol. The molecule has 0 radical (unpaired) electrons. The summed E-state index contributed by atoms with van der Waals surface area (Å²) in [6.45, 7) is 0. The van der Waals surface area contributed by atoms with Crippen LogP contribution in [0.3, 0.4) is 0 Å². The number of hydrogen-bond acceptors (Lipinski definition) is 5. The number of benzene rings is 1. The lowest BCUT2D eigenvalue weighted by molar-refractivity contribution is 0.207. The van der Waals surface area contributed by atoms with Gasteiger partial charge in [0, 0.05) is 17.8 Å². The smallest absolute Gasteiger partial charge is 0.374 e. The molecule has 1 fully saturated rings. The van der Waals surface area contributed by atoms with E-state index in [-0.39, 0.29) is 11.8 Å². The Labute approximate surface area is 155 Å². The summed E-state index contributed by atoms with van der Waals surface area (Å²) < 4.78 is 20.3. The second-order valence-corrected chi connectivity index (χ2v) is 6.44. The number of halogens is 1. The molecule has 1 aromatic carbocycles. The van der Waals surface area contributed by atoms with E-state index >= 15 is 0 Å². The van der Waals surface area contributed by atoms with E-state index in [9.17, 15) is 9.18 Å². The van der Waals surface area contributed by atoms with Gasteiger partial charge in [0.15, 0.2) is 0 Å². The molecule has 0 spiro atoms. The van der Waals surface area contributed by atoms with Gasteiger partial charge in [-0.15, -0.1) is 0 Å². The highest BCUT2D eigenvalue weighted by atomic mass is 19.1. The van der Waals surface area contributed by atoms with E-state index in [1.807, 2.05) is 0 Å². The molecule has 8 heteroatoms. The molecule has 0 saturated heterocycles. The van der Waals surface area contributed by atoms with E-state index in [1.54, 1.807) is 24.5 Å². The lowest BCUT2D eigenvalue weighted by atomic mass is 10.1. The van der Waals surface area contributed by atoms with Crippen molar-refractivity contribution in [2.24, 2.45) is 5.73 Å². The van der Waals surface area contributed by atoms with E-state index in [1.165, 1.54) is 18.3 Å². The molecule has 138 valence electrons. The topological polar surface area (TPSA) is 95.9 Å². The summed E-state index contributed by atoms with van der Waals surface area (Å²) in [7, 11) is 0. The minimum Gasteiger partial charge on any atom is -0.374 e. The molecule has 3 aromatic rings. The van der Waals surface area contributed by atoms with E-state index in [0.717, 1.165) is 36.9 Å². The largest absolute Gasteiger partial charge is 0.412 e. The number of carbonyl (C=O) groups excluding carboxylic acids is 1. The first-order valence-corrected chi connectivity index (χ1v) is 8.75. The van der Waals surface area contributed by atoms with Crippen molar-refractivity contribution in [2.45, 2.75) is 31.7 Å². The quantitative estimate of drug-likeness (QED) is 0.758. The molecule has 0 bridgehead atoms. The summed E-state index contributed by atoms with van der Waals surface area (Å²) in [6.07, 6.45) is 6.75. The number of nitrogens with two attached hydrogens (primary N) is 1. The van der Waals surface area contributed by atoms with E-state index in [0.29, 0.717) is 17.4 Å². The van der Waals surface area contributed by atoms with Crippen molar-refractivity contribution < 1.29 is 13.9 Å². The molecule has 0 aliphatic heterocycles. The summed E-state index contributed by atoms with van der Waals surface area (Å²) in [5, 5.41) is 0. The molecule has 1 amide bonds. The van der Waals surface area contributed by atoms with Crippen LogP contribution in [0.1, 0.15) is 31.7 Å². The highest BCUT2D eigenvalue weighted by molar-refractivity contribution is 5.77. The van der Waals surface area contributed by atoms with Gasteiger partial charge in [0.05, 0.1) is 23.4 Å². The number of carbonyl (C=O) groups is 1. The first-order valence-electron chi connectivity index (χ1n) is 8.75. The van der Waals surface area contributed by atoms with Crippen molar-refractivity contribution in [3.05, 3.63) is 48.7 Å². The Kier molecular flexibility index (Phi) is 4.53. The Balaban J connectivity index is 1.84. The first kappa shape index (κ1) is 17.1. The van der Waals surface area contributed by atoms with Gasteiger partial charge in [-0.3, -0.25) is 0 Å². The summed E-state index contributed by atoms with van der Waals surface area (Å²) in [5.74, 6) is -0.310. The third kappa shape index (κ3) is 3.51. The maximum absolute atomic E-state index is 13.3. The molecule has 7 nitrogen and oxygen atoms in total. The zero-order chi connectivity index (χ0) is 18.8. The molecular weight excluding hydrogens is 349 g/mol. The van der Waals surface area contributed by atoms with Crippen LogP contribution in [0.4, 0.5) is 9.18 Å². The van der Waals surface area contributed by atoms with Gasteiger partial charge in [-0.2, -0.15) is 4.98 Å². The summed E-state index contributed by atoms with van der Waals surface area (Å²) in [4.78, 5) is 23.8. The maximum atomic E-state index is 13.3. The zero-order valence-electron chi connectivity index (χ0n) is 14.5. The van der Waals surface area contributed by atoms with Crippen LogP contribution in [0.15, 0.2) is 42.9 Å². The van der Waals surface area contributed by atoms with Crippen LogP contribution >= 0.6 is 0 Å². The maximum Gasteiger partial charge on any atom is 0.412 e. The molecule has 27 heavy (non-hydrogen) atoms. The van der Waals surface area contributed by atoms with E-state index in [2.05, 4.69) is 19.5 Å². The van der Waals surface area contributed by atoms with Gasteiger partial charge in [0.2, 0.25) is 0 Å². The monoisotopic (exact) mass is 367 g/mol. The van der Waals surface area contributed by atoms with Crippen LogP contribution in [0, 0.1) is 5.82 Å². The van der Waals surface area contributed by atoms with Crippen molar-refractivity contribution in [2.75, 3.05) is 0 Å². The number of ether oxygens (including phenoxy) is 1. The van der Waals surface area contributed by atoms with Crippen LogP contribution in [0.2, 0.25) is 0 Å². The normalized spacial score (nSPS) is 14.4. The average molecular weight is 367 g/mol. The minimum absolute atomic E-state index is 0.121. The fourth-order valence-electron chi connectivity index (χ4n) is 3.50. The fourth-order valence-corrected chi connectivity index (χ4v) is 3.50. The molecular formula is C19H18FN5O2. The van der Waals surface area contributed by atoms with Crippen LogP contribution in [0.25, 0.3) is 22.6 Å². The van der Waals surface area contributed by atoms with Crippen molar-refractivity contribution in [1.82, 2.24) is 19.5 Å². The number of amides is 1. The van der Waals surface area contributed by atoms with Crippen LogP contribution in [-0.4, -0.2) is 25.6 Å². The molecule has 2 aromatic heterocycles. The van der Waals surface area contributed by atoms with Gasteiger partial charge < -0.3 is 15.0 Å².